The molecule has 0 aromatic heterocycles. The van der Waals surface area contributed by atoms with Crippen molar-refractivity contribution in [3.8, 4) is 11.5 Å². The van der Waals surface area contributed by atoms with Crippen LogP contribution in [0.5, 0.6) is 11.5 Å². The lowest BCUT2D eigenvalue weighted by Crippen LogP contribution is -2.14. The number of hydrazone groups is 1. The quantitative estimate of drug-likeness (QED) is 0.332. The summed E-state index contributed by atoms with van der Waals surface area (Å²) < 4.78 is 10.7. The average molecular weight is 276 g/mol. The van der Waals surface area contributed by atoms with E-state index in [0.29, 0.717) is 6.54 Å². The molecule has 5 heteroatoms. The number of nitrogens with zero attached hydrogens (tertiary/aromatic N) is 2. The standard InChI is InChI=1S/C15H20N2O3/c1-12(7-6-10-18)16-17(2)11-13-14(19-3)8-5-9-15(13)20-4/h5-10H,11H2,1-4H3/b7-6+,16-12-. The second-order valence-electron chi connectivity index (χ2n) is 4.19. The molecular weight excluding hydrogens is 256 g/mol. The number of carbonyl (C=O) groups excluding carboxylic acids is 1. The maximum absolute atomic E-state index is 10.3. The van der Waals surface area contributed by atoms with E-state index in [1.165, 1.54) is 6.08 Å². The van der Waals surface area contributed by atoms with E-state index in [0.717, 1.165) is 29.1 Å². The Balaban J connectivity index is 2.92. The summed E-state index contributed by atoms with van der Waals surface area (Å²) in [6, 6.07) is 5.64. The summed E-state index contributed by atoms with van der Waals surface area (Å²) in [6.07, 6.45) is 3.79. The van der Waals surface area contributed by atoms with Gasteiger partial charge in [-0.3, -0.25) is 9.80 Å². The Hall–Kier alpha value is -2.30. The fraction of sp³-hybridized carbons (Fsp3) is 0.333. The highest BCUT2D eigenvalue weighted by molar-refractivity contribution is 5.95. The number of rotatable bonds is 7. The van der Waals surface area contributed by atoms with Crippen LogP contribution in [0.3, 0.4) is 0 Å². The van der Waals surface area contributed by atoms with Crippen LogP contribution in [-0.4, -0.2) is 38.3 Å². The molecule has 1 aromatic carbocycles. The predicted molar refractivity (Wildman–Crippen MR) is 79.3 cm³/mol. The van der Waals surface area contributed by atoms with Crippen LogP contribution in [0.1, 0.15) is 12.5 Å². The topological polar surface area (TPSA) is 51.1 Å². The van der Waals surface area contributed by atoms with Gasteiger partial charge >= 0.3 is 0 Å². The first-order valence-corrected chi connectivity index (χ1v) is 6.20. The molecule has 1 rings (SSSR count). The summed E-state index contributed by atoms with van der Waals surface area (Å²) in [6.45, 7) is 2.37. The summed E-state index contributed by atoms with van der Waals surface area (Å²) in [4.78, 5) is 10.3. The van der Waals surface area contributed by atoms with Gasteiger partial charge in [0.2, 0.25) is 0 Å². The molecule has 0 fully saturated rings. The molecule has 0 amide bonds. The molecule has 0 aliphatic carbocycles. The molecule has 20 heavy (non-hydrogen) atoms. The molecule has 0 saturated carbocycles. The normalized spacial score (nSPS) is 11.5. The van der Waals surface area contributed by atoms with Crippen molar-refractivity contribution < 1.29 is 14.3 Å². The zero-order chi connectivity index (χ0) is 15.0. The van der Waals surface area contributed by atoms with Gasteiger partial charge in [0, 0.05) is 7.05 Å². The summed E-state index contributed by atoms with van der Waals surface area (Å²) in [5.41, 5.74) is 1.67. The third-order valence-corrected chi connectivity index (χ3v) is 2.66. The summed E-state index contributed by atoms with van der Waals surface area (Å²) in [5.74, 6) is 1.51. The van der Waals surface area contributed by atoms with Crippen molar-refractivity contribution in [2.75, 3.05) is 21.3 Å². The van der Waals surface area contributed by atoms with Crippen LogP contribution in [0.4, 0.5) is 0 Å². The highest BCUT2D eigenvalue weighted by atomic mass is 16.5. The Kier molecular flexibility index (Phi) is 6.29. The smallest absolute Gasteiger partial charge is 0.142 e. The Morgan fingerprint density at radius 3 is 2.40 bits per heavy atom. The van der Waals surface area contributed by atoms with Crippen molar-refractivity contribution in [2.24, 2.45) is 5.10 Å². The minimum Gasteiger partial charge on any atom is -0.496 e. The number of carbonyl (C=O) groups is 1. The largest absolute Gasteiger partial charge is 0.496 e. The molecule has 0 unspecified atom stereocenters. The first kappa shape index (κ1) is 15.8. The highest BCUT2D eigenvalue weighted by Gasteiger charge is 2.11. The maximum Gasteiger partial charge on any atom is 0.142 e. The van der Waals surface area contributed by atoms with Crippen molar-refractivity contribution in [3.05, 3.63) is 35.9 Å². The lowest BCUT2D eigenvalue weighted by atomic mass is 10.1. The van der Waals surface area contributed by atoms with E-state index in [2.05, 4.69) is 5.10 Å². The van der Waals surface area contributed by atoms with Crippen molar-refractivity contribution >= 4 is 12.0 Å². The number of aldehydes is 1. The summed E-state index contributed by atoms with van der Waals surface area (Å²) in [5, 5.41) is 6.12. The zero-order valence-corrected chi connectivity index (χ0v) is 12.3. The van der Waals surface area contributed by atoms with E-state index >= 15 is 0 Å². The fourth-order valence-electron chi connectivity index (χ4n) is 1.83. The SMILES string of the molecule is COc1cccc(OC)c1CN(C)/N=C(C)\C=C\C=O. The van der Waals surface area contributed by atoms with Crippen LogP contribution in [0, 0.1) is 0 Å². The fourth-order valence-corrected chi connectivity index (χ4v) is 1.83. The Morgan fingerprint density at radius 1 is 1.30 bits per heavy atom. The zero-order valence-electron chi connectivity index (χ0n) is 12.3. The summed E-state index contributed by atoms with van der Waals surface area (Å²) in [7, 11) is 5.10. The Labute approximate surface area is 119 Å². The van der Waals surface area contributed by atoms with Crippen LogP contribution >= 0.6 is 0 Å². The van der Waals surface area contributed by atoms with Crippen molar-refractivity contribution in [1.82, 2.24) is 5.01 Å². The Morgan fingerprint density at radius 2 is 1.90 bits per heavy atom. The van der Waals surface area contributed by atoms with E-state index in [1.54, 1.807) is 25.3 Å². The third-order valence-electron chi connectivity index (χ3n) is 2.66. The van der Waals surface area contributed by atoms with Crippen LogP contribution in [0.15, 0.2) is 35.5 Å². The predicted octanol–water partition coefficient (Wildman–Crippen LogP) is 2.27. The van der Waals surface area contributed by atoms with Crippen LogP contribution < -0.4 is 9.47 Å². The molecule has 5 nitrogen and oxygen atoms in total. The number of ether oxygens (including phenoxy) is 2. The molecule has 0 atom stereocenters. The maximum atomic E-state index is 10.3. The first-order valence-electron chi connectivity index (χ1n) is 6.20. The van der Waals surface area contributed by atoms with Gasteiger partial charge in [-0.1, -0.05) is 6.07 Å². The molecule has 0 bridgehead atoms. The number of hydrogen-bond acceptors (Lipinski definition) is 5. The molecule has 0 N–H and O–H groups in total. The van der Waals surface area contributed by atoms with Gasteiger partial charge in [-0.15, -0.1) is 0 Å². The van der Waals surface area contributed by atoms with Gasteiger partial charge < -0.3 is 9.47 Å². The third kappa shape index (κ3) is 4.42. The van der Waals surface area contributed by atoms with Gasteiger partial charge in [-0.2, -0.15) is 5.10 Å². The molecule has 0 radical (unpaired) electrons. The number of hydrogen-bond donors (Lipinski definition) is 0. The van der Waals surface area contributed by atoms with E-state index in [4.69, 9.17) is 9.47 Å². The lowest BCUT2D eigenvalue weighted by Gasteiger charge is -2.18. The number of allylic oxidation sites excluding steroid dienone is 2. The molecule has 0 aliphatic rings. The first-order chi connectivity index (χ1) is 9.62. The van der Waals surface area contributed by atoms with Gasteiger partial charge in [-0.05, 0) is 31.2 Å². The monoisotopic (exact) mass is 276 g/mol. The molecular formula is C15H20N2O3. The van der Waals surface area contributed by atoms with Crippen LogP contribution in [0.2, 0.25) is 0 Å². The summed E-state index contributed by atoms with van der Waals surface area (Å²) >= 11 is 0. The Bertz CT molecular complexity index is 488. The minimum absolute atomic E-state index is 0.541. The molecule has 108 valence electrons. The highest BCUT2D eigenvalue weighted by Crippen LogP contribution is 2.29. The van der Waals surface area contributed by atoms with Crippen molar-refractivity contribution in [3.63, 3.8) is 0 Å². The van der Waals surface area contributed by atoms with E-state index in [9.17, 15) is 4.79 Å². The van der Waals surface area contributed by atoms with E-state index < -0.39 is 0 Å². The molecule has 0 aliphatic heterocycles. The van der Waals surface area contributed by atoms with Gasteiger partial charge in [0.25, 0.3) is 0 Å². The van der Waals surface area contributed by atoms with Gasteiger partial charge in [0.05, 0.1) is 32.0 Å². The second-order valence-corrected chi connectivity index (χ2v) is 4.19. The number of methoxy groups -OCH3 is 2. The van der Waals surface area contributed by atoms with E-state index in [1.807, 2.05) is 32.2 Å². The van der Waals surface area contributed by atoms with Crippen LogP contribution in [-0.2, 0) is 11.3 Å². The van der Waals surface area contributed by atoms with E-state index in [-0.39, 0.29) is 0 Å². The molecule has 0 saturated heterocycles. The van der Waals surface area contributed by atoms with Crippen LogP contribution in [0.25, 0.3) is 0 Å². The van der Waals surface area contributed by atoms with Gasteiger partial charge in [-0.25, -0.2) is 0 Å². The molecule has 0 spiro atoms. The number of benzene rings is 1. The van der Waals surface area contributed by atoms with Crippen molar-refractivity contribution in [2.45, 2.75) is 13.5 Å². The average Bonchev–Trinajstić information content (AvgIpc) is 2.45. The molecule has 1 aromatic rings. The van der Waals surface area contributed by atoms with Gasteiger partial charge in [0.1, 0.15) is 17.8 Å². The van der Waals surface area contributed by atoms with Crippen molar-refractivity contribution in [1.29, 1.82) is 0 Å². The minimum atomic E-state index is 0.541. The lowest BCUT2D eigenvalue weighted by molar-refractivity contribution is -0.104. The second kappa shape index (κ2) is 7.99. The molecule has 0 heterocycles. The van der Waals surface area contributed by atoms with Gasteiger partial charge in [0.15, 0.2) is 0 Å².